The van der Waals surface area contributed by atoms with Gasteiger partial charge in [0.2, 0.25) is 0 Å². The summed E-state index contributed by atoms with van der Waals surface area (Å²) in [6.45, 7) is 0. The Morgan fingerprint density at radius 1 is 0.960 bits per heavy atom. The summed E-state index contributed by atoms with van der Waals surface area (Å²) in [6, 6.07) is 21.2. The first-order valence-electron chi connectivity index (χ1n) is 7.91. The topological polar surface area (TPSA) is 72.4 Å². The van der Waals surface area contributed by atoms with E-state index in [9.17, 15) is 4.79 Å². The van der Waals surface area contributed by atoms with E-state index in [2.05, 4.69) is 10.3 Å². The van der Waals surface area contributed by atoms with E-state index < -0.39 is 0 Å². The average molecular weight is 328 g/mol. The molecule has 5 heteroatoms. The van der Waals surface area contributed by atoms with Gasteiger partial charge in [-0.3, -0.25) is 4.79 Å². The van der Waals surface area contributed by atoms with Gasteiger partial charge < -0.3 is 15.5 Å². The second kappa shape index (κ2) is 6.13. The lowest BCUT2D eigenvalue weighted by molar-refractivity contribution is 0.102. The zero-order valence-electron chi connectivity index (χ0n) is 13.4. The standard InChI is InChI=1S/C20H16N4O/c21-16-10-9-15(14-6-2-1-3-7-14)12-17(16)23-20(25)18-13-24-11-5-4-8-19(24)22-18/h1-13H,21H2,(H,23,25). The van der Waals surface area contributed by atoms with Crippen molar-refractivity contribution in [1.82, 2.24) is 9.38 Å². The highest BCUT2D eigenvalue weighted by molar-refractivity contribution is 6.05. The molecule has 0 unspecified atom stereocenters. The lowest BCUT2D eigenvalue weighted by Crippen LogP contribution is -2.13. The number of imidazole rings is 1. The molecule has 5 nitrogen and oxygen atoms in total. The number of pyridine rings is 1. The molecule has 3 N–H and O–H groups in total. The molecule has 2 aromatic heterocycles. The van der Waals surface area contributed by atoms with Crippen LogP contribution in [0.2, 0.25) is 0 Å². The Hall–Kier alpha value is -3.60. The van der Waals surface area contributed by atoms with Crippen molar-refractivity contribution in [2.24, 2.45) is 0 Å². The molecule has 25 heavy (non-hydrogen) atoms. The van der Waals surface area contributed by atoms with Crippen LogP contribution in [0.1, 0.15) is 10.5 Å². The van der Waals surface area contributed by atoms with Gasteiger partial charge in [0.1, 0.15) is 11.3 Å². The first-order valence-corrected chi connectivity index (χ1v) is 7.91. The summed E-state index contributed by atoms with van der Waals surface area (Å²) in [5.41, 5.74) is 10.2. The Morgan fingerprint density at radius 2 is 1.76 bits per heavy atom. The van der Waals surface area contributed by atoms with Crippen LogP contribution in [0.4, 0.5) is 11.4 Å². The van der Waals surface area contributed by atoms with E-state index in [0.29, 0.717) is 17.1 Å². The number of carbonyl (C=O) groups excluding carboxylic acids is 1. The summed E-state index contributed by atoms with van der Waals surface area (Å²) in [4.78, 5) is 16.9. The minimum absolute atomic E-state index is 0.291. The third-order valence-electron chi connectivity index (χ3n) is 4.01. The molecular formula is C20H16N4O. The number of aromatic nitrogens is 2. The number of anilines is 2. The minimum atomic E-state index is -0.291. The number of nitrogens with two attached hydrogens (primary N) is 1. The number of hydrogen-bond acceptors (Lipinski definition) is 3. The third-order valence-corrected chi connectivity index (χ3v) is 4.01. The molecular weight excluding hydrogens is 312 g/mol. The largest absolute Gasteiger partial charge is 0.397 e. The fourth-order valence-electron chi connectivity index (χ4n) is 2.71. The van der Waals surface area contributed by atoms with Crippen LogP contribution in [0, 0.1) is 0 Å². The van der Waals surface area contributed by atoms with Crippen LogP contribution >= 0.6 is 0 Å². The Kier molecular flexibility index (Phi) is 3.67. The van der Waals surface area contributed by atoms with Crippen molar-refractivity contribution in [3.05, 3.63) is 84.8 Å². The van der Waals surface area contributed by atoms with Crippen molar-refractivity contribution in [3.63, 3.8) is 0 Å². The van der Waals surface area contributed by atoms with E-state index in [4.69, 9.17) is 5.73 Å². The summed E-state index contributed by atoms with van der Waals surface area (Å²) < 4.78 is 1.80. The molecule has 0 fully saturated rings. The fourth-order valence-corrected chi connectivity index (χ4v) is 2.71. The predicted octanol–water partition coefficient (Wildman–Crippen LogP) is 3.84. The Morgan fingerprint density at radius 3 is 2.56 bits per heavy atom. The molecule has 0 spiro atoms. The van der Waals surface area contributed by atoms with Crippen molar-refractivity contribution in [2.75, 3.05) is 11.1 Å². The number of nitrogens with one attached hydrogen (secondary N) is 1. The maximum atomic E-state index is 12.5. The van der Waals surface area contributed by atoms with E-state index in [1.165, 1.54) is 0 Å². The van der Waals surface area contributed by atoms with Crippen LogP contribution in [0.25, 0.3) is 16.8 Å². The molecule has 0 radical (unpaired) electrons. The first-order chi connectivity index (χ1) is 12.2. The van der Waals surface area contributed by atoms with Crippen LogP contribution in [-0.4, -0.2) is 15.3 Å². The zero-order valence-corrected chi connectivity index (χ0v) is 13.4. The van der Waals surface area contributed by atoms with E-state index in [-0.39, 0.29) is 5.91 Å². The smallest absolute Gasteiger partial charge is 0.275 e. The number of rotatable bonds is 3. The SMILES string of the molecule is Nc1ccc(-c2ccccc2)cc1NC(=O)c1cn2ccccc2n1. The molecule has 0 aliphatic carbocycles. The van der Waals surface area contributed by atoms with Crippen LogP contribution in [0.15, 0.2) is 79.1 Å². The maximum absolute atomic E-state index is 12.5. The van der Waals surface area contributed by atoms with Crippen molar-refractivity contribution in [1.29, 1.82) is 0 Å². The molecule has 0 aliphatic rings. The van der Waals surface area contributed by atoms with Gasteiger partial charge in [-0.1, -0.05) is 42.5 Å². The molecule has 0 aliphatic heterocycles. The molecule has 0 atom stereocenters. The average Bonchev–Trinajstić information content (AvgIpc) is 3.08. The Balaban J connectivity index is 1.64. The number of nitrogen functional groups attached to an aromatic ring is 1. The molecule has 2 heterocycles. The predicted molar refractivity (Wildman–Crippen MR) is 99.4 cm³/mol. The normalized spacial score (nSPS) is 10.7. The summed E-state index contributed by atoms with van der Waals surface area (Å²) in [7, 11) is 0. The van der Waals surface area contributed by atoms with Crippen LogP contribution in [0.3, 0.4) is 0 Å². The molecule has 0 saturated heterocycles. The van der Waals surface area contributed by atoms with Crippen LogP contribution < -0.4 is 11.1 Å². The monoisotopic (exact) mass is 328 g/mol. The molecule has 4 rings (SSSR count). The van der Waals surface area contributed by atoms with Gasteiger partial charge in [-0.25, -0.2) is 4.98 Å². The van der Waals surface area contributed by atoms with Crippen molar-refractivity contribution in [3.8, 4) is 11.1 Å². The number of hydrogen-bond donors (Lipinski definition) is 2. The van der Waals surface area contributed by atoms with Gasteiger partial charge in [0.05, 0.1) is 11.4 Å². The molecule has 2 aromatic carbocycles. The lowest BCUT2D eigenvalue weighted by Gasteiger charge is -2.10. The highest BCUT2D eigenvalue weighted by atomic mass is 16.1. The summed E-state index contributed by atoms with van der Waals surface area (Å²) in [5, 5.41) is 2.86. The second-order valence-corrected chi connectivity index (χ2v) is 5.71. The number of fused-ring (bicyclic) bond motifs is 1. The molecule has 1 amide bonds. The van der Waals surface area contributed by atoms with E-state index in [1.807, 2.05) is 66.9 Å². The van der Waals surface area contributed by atoms with Gasteiger partial charge in [0.15, 0.2) is 0 Å². The molecule has 0 saturated carbocycles. The highest BCUT2D eigenvalue weighted by Gasteiger charge is 2.13. The fraction of sp³-hybridized carbons (Fsp3) is 0. The van der Waals surface area contributed by atoms with Crippen molar-refractivity contribution >= 4 is 22.9 Å². The zero-order chi connectivity index (χ0) is 17.2. The first kappa shape index (κ1) is 15.0. The van der Waals surface area contributed by atoms with Gasteiger partial charge in [0.25, 0.3) is 5.91 Å². The number of benzene rings is 2. The quantitative estimate of drug-likeness (QED) is 0.561. The van der Waals surface area contributed by atoms with E-state index in [0.717, 1.165) is 16.8 Å². The second-order valence-electron chi connectivity index (χ2n) is 5.71. The number of amides is 1. The minimum Gasteiger partial charge on any atom is -0.397 e. The van der Waals surface area contributed by atoms with Crippen molar-refractivity contribution in [2.45, 2.75) is 0 Å². The van der Waals surface area contributed by atoms with Gasteiger partial charge >= 0.3 is 0 Å². The molecule has 122 valence electrons. The van der Waals surface area contributed by atoms with Gasteiger partial charge in [-0.2, -0.15) is 0 Å². The van der Waals surface area contributed by atoms with Crippen molar-refractivity contribution < 1.29 is 4.79 Å². The number of nitrogens with zero attached hydrogens (tertiary/aromatic N) is 2. The maximum Gasteiger partial charge on any atom is 0.275 e. The van der Waals surface area contributed by atoms with Gasteiger partial charge in [0, 0.05) is 12.4 Å². The summed E-state index contributed by atoms with van der Waals surface area (Å²) >= 11 is 0. The third kappa shape index (κ3) is 2.95. The Bertz CT molecular complexity index is 1020. The molecule has 4 aromatic rings. The van der Waals surface area contributed by atoms with E-state index in [1.54, 1.807) is 16.7 Å². The Labute approximate surface area is 144 Å². The van der Waals surface area contributed by atoms with Gasteiger partial charge in [-0.05, 0) is 35.4 Å². The highest BCUT2D eigenvalue weighted by Crippen LogP contribution is 2.27. The molecule has 0 bridgehead atoms. The van der Waals surface area contributed by atoms with E-state index >= 15 is 0 Å². The summed E-state index contributed by atoms with van der Waals surface area (Å²) in [5.74, 6) is -0.291. The summed E-state index contributed by atoms with van der Waals surface area (Å²) in [6.07, 6.45) is 3.55. The van der Waals surface area contributed by atoms with Gasteiger partial charge in [-0.15, -0.1) is 0 Å². The van der Waals surface area contributed by atoms with Crippen LogP contribution in [-0.2, 0) is 0 Å². The number of carbonyl (C=O) groups is 1. The lowest BCUT2D eigenvalue weighted by atomic mass is 10.0. The van der Waals surface area contributed by atoms with Crippen LogP contribution in [0.5, 0.6) is 0 Å².